The number of sulfone groups is 1. The Balaban J connectivity index is 2.03. The first-order chi connectivity index (χ1) is 10.0. The van der Waals surface area contributed by atoms with Crippen molar-refractivity contribution in [1.29, 1.82) is 0 Å². The molecular weight excluding hydrogens is 286 g/mol. The van der Waals surface area contributed by atoms with E-state index < -0.39 is 9.84 Å². The quantitative estimate of drug-likeness (QED) is 0.743. The van der Waals surface area contributed by atoms with Gasteiger partial charge in [-0.05, 0) is 36.4 Å². The zero-order chi connectivity index (χ0) is 14.9. The summed E-state index contributed by atoms with van der Waals surface area (Å²) in [7, 11) is -3.33. The van der Waals surface area contributed by atoms with Crippen LogP contribution in [0.25, 0.3) is 10.9 Å². The van der Waals surface area contributed by atoms with Crippen LogP contribution >= 0.6 is 0 Å². The van der Waals surface area contributed by atoms with Crippen molar-refractivity contribution in [2.75, 3.05) is 6.26 Å². The highest BCUT2D eigenvalue weighted by atomic mass is 32.2. The van der Waals surface area contributed by atoms with Gasteiger partial charge < -0.3 is 4.74 Å². The van der Waals surface area contributed by atoms with Crippen LogP contribution in [0.1, 0.15) is 0 Å². The Kier molecular flexibility index (Phi) is 3.35. The molecule has 0 amide bonds. The lowest BCUT2D eigenvalue weighted by atomic mass is 10.2. The third-order valence-electron chi connectivity index (χ3n) is 3.05. The average Bonchev–Trinajstić information content (AvgIpc) is 2.46. The van der Waals surface area contributed by atoms with Crippen LogP contribution in [0.5, 0.6) is 11.5 Å². The van der Waals surface area contributed by atoms with Gasteiger partial charge >= 0.3 is 0 Å². The molecule has 0 atom stereocenters. The maximum Gasteiger partial charge on any atom is 0.179 e. The Bertz CT molecular complexity index is 904. The third kappa shape index (κ3) is 2.87. The summed E-state index contributed by atoms with van der Waals surface area (Å²) in [6.45, 7) is 0. The van der Waals surface area contributed by atoms with Crippen LogP contribution in [-0.4, -0.2) is 19.7 Å². The third-order valence-corrected chi connectivity index (χ3v) is 4.19. The van der Waals surface area contributed by atoms with Crippen molar-refractivity contribution in [3.05, 3.63) is 60.8 Å². The molecule has 0 aliphatic rings. The fourth-order valence-corrected chi connectivity index (χ4v) is 2.89. The largest absolute Gasteiger partial charge is 0.456 e. The molecule has 0 N–H and O–H groups in total. The Morgan fingerprint density at radius 1 is 1.00 bits per heavy atom. The summed E-state index contributed by atoms with van der Waals surface area (Å²) in [5.74, 6) is 0.898. The number of pyridine rings is 1. The molecule has 0 fully saturated rings. The topological polar surface area (TPSA) is 56.3 Å². The molecule has 21 heavy (non-hydrogen) atoms. The van der Waals surface area contributed by atoms with Crippen LogP contribution in [0.3, 0.4) is 0 Å². The summed E-state index contributed by atoms with van der Waals surface area (Å²) in [4.78, 5) is 4.41. The molecule has 0 aliphatic heterocycles. The highest BCUT2D eigenvalue weighted by Gasteiger charge is 2.14. The fraction of sp³-hybridized carbons (Fsp3) is 0.0625. The molecule has 0 saturated heterocycles. The van der Waals surface area contributed by atoms with Gasteiger partial charge in [0.15, 0.2) is 9.84 Å². The van der Waals surface area contributed by atoms with E-state index in [-0.39, 0.29) is 4.90 Å². The van der Waals surface area contributed by atoms with Crippen LogP contribution in [0.15, 0.2) is 65.7 Å². The maximum absolute atomic E-state index is 11.8. The molecule has 3 rings (SSSR count). The molecule has 4 nitrogen and oxygen atoms in total. The van der Waals surface area contributed by atoms with Gasteiger partial charge in [0.2, 0.25) is 0 Å². The second-order valence-electron chi connectivity index (χ2n) is 4.68. The predicted molar refractivity (Wildman–Crippen MR) is 81.4 cm³/mol. The van der Waals surface area contributed by atoms with Gasteiger partial charge in [0.05, 0.1) is 5.52 Å². The average molecular weight is 299 g/mol. The van der Waals surface area contributed by atoms with Gasteiger partial charge in [0, 0.05) is 17.8 Å². The number of hydrogen-bond donors (Lipinski definition) is 0. The Hall–Kier alpha value is -2.40. The van der Waals surface area contributed by atoms with Crippen LogP contribution in [0, 0.1) is 0 Å². The molecule has 2 aromatic carbocycles. The van der Waals surface area contributed by atoms with Crippen molar-refractivity contribution < 1.29 is 13.2 Å². The van der Waals surface area contributed by atoms with E-state index in [9.17, 15) is 8.42 Å². The van der Waals surface area contributed by atoms with Crippen LogP contribution in [0.2, 0.25) is 0 Å². The van der Waals surface area contributed by atoms with Gasteiger partial charge in [-0.1, -0.05) is 18.2 Å². The van der Waals surface area contributed by atoms with E-state index in [4.69, 9.17) is 4.74 Å². The Morgan fingerprint density at radius 2 is 1.81 bits per heavy atom. The molecular formula is C16H13NO3S. The molecule has 3 aromatic rings. The predicted octanol–water partition coefficient (Wildman–Crippen LogP) is 3.43. The summed E-state index contributed by atoms with van der Waals surface area (Å²) in [5.41, 5.74) is 0.862. The number of rotatable bonds is 3. The first-order valence-corrected chi connectivity index (χ1v) is 8.25. The molecule has 0 bridgehead atoms. The normalized spacial score (nSPS) is 11.5. The van der Waals surface area contributed by atoms with E-state index in [2.05, 4.69) is 4.98 Å². The molecule has 5 heteroatoms. The molecule has 0 saturated carbocycles. The number of para-hydroxylation sites is 1. The molecule has 0 aliphatic carbocycles. The molecule has 106 valence electrons. The van der Waals surface area contributed by atoms with Crippen molar-refractivity contribution in [2.45, 2.75) is 4.90 Å². The van der Waals surface area contributed by atoms with Gasteiger partial charge in [0.1, 0.15) is 16.4 Å². The Morgan fingerprint density at radius 3 is 2.62 bits per heavy atom. The number of ether oxygens (including phenoxy) is 1. The standard InChI is InChI=1S/C16H13NO3S/c1-21(18,19)16-7-3-2-6-15(16)20-13-8-9-14-12(11-13)5-4-10-17-14/h2-11H,1H3. The Labute approximate surface area is 122 Å². The monoisotopic (exact) mass is 299 g/mol. The van der Waals surface area contributed by atoms with Crippen molar-refractivity contribution in [2.24, 2.45) is 0 Å². The second-order valence-corrected chi connectivity index (χ2v) is 6.66. The number of hydrogen-bond acceptors (Lipinski definition) is 4. The molecule has 1 aromatic heterocycles. The summed E-state index contributed by atoms with van der Waals surface area (Å²) < 4.78 is 29.3. The van der Waals surface area contributed by atoms with Gasteiger partial charge in [0.25, 0.3) is 0 Å². The van der Waals surface area contributed by atoms with E-state index in [0.717, 1.165) is 10.9 Å². The number of nitrogens with zero attached hydrogens (tertiary/aromatic N) is 1. The zero-order valence-electron chi connectivity index (χ0n) is 11.4. The van der Waals surface area contributed by atoms with E-state index in [0.29, 0.717) is 11.5 Å². The lowest BCUT2D eigenvalue weighted by Crippen LogP contribution is -2.00. The zero-order valence-corrected chi connectivity index (χ0v) is 12.2. The van der Waals surface area contributed by atoms with Crippen molar-refractivity contribution >= 4 is 20.7 Å². The summed E-state index contributed by atoms with van der Waals surface area (Å²) in [5, 5.41) is 0.937. The highest BCUT2D eigenvalue weighted by molar-refractivity contribution is 7.90. The molecule has 0 unspecified atom stereocenters. The first-order valence-electron chi connectivity index (χ1n) is 6.36. The summed E-state index contributed by atoms with van der Waals surface area (Å²) in [6, 6.07) is 15.8. The first kappa shape index (κ1) is 13.6. The minimum atomic E-state index is -3.33. The number of benzene rings is 2. The molecule has 0 radical (unpaired) electrons. The van der Waals surface area contributed by atoms with Gasteiger partial charge in [-0.2, -0.15) is 0 Å². The van der Waals surface area contributed by atoms with E-state index in [1.54, 1.807) is 30.5 Å². The summed E-state index contributed by atoms with van der Waals surface area (Å²) >= 11 is 0. The number of fused-ring (bicyclic) bond motifs is 1. The maximum atomic E-state index is 11.8. The lowest BCUT2D eigenvalue weighted by molar-refractivity contribution is 0.468. The van der Waals surface area contributed by atoms with Gasteiger partial charge in [-0.25, -0.2) is 8.42 Å². The SMILES string of the molecule is CS(=O)(=O)c1ccccc1Oc1ccc2ncccc2c1. The van der Waals surface area contributed by atoms with Gasteiger partial charge in [-0.15, -0.1) is 0 Å². The highest BCUT2D eigenvalue weighted by Crippen LogP contribution is 2.29. The molecule has 0 spiro atoms. The van der Waals surface area contributed by atoms with Crippen molar-refractivity contribution in [3.63, 3.8) is 0 Å². The smallest absolute Gasteiger partial charge is 0.179 e. The lowest BCUT2D eigenvalue weighted by Gasteiger charge is -2.10. The van der Waals surface area contributed by atoms with Crippen molar-refractivity contribution in [3.8, 4) is 11.5 Å². The van der Waals surface area contributed by atoms with E-state index in [1.807, 2.05) is 24.3 Å². The van der Waals surface area contributed by atoms with Gasteiger partial charge in [-0.3, -0.25) is 4.98 Å². The summed E-state index contributed by atoms with van der Waals surface area (Å²) in [6.07, 6.45) is 2.89. The van der Waals surface area contributed by atoms with Crippen LogP contribution < -0.4 is 4.74 Å². The minimum Gasteiger partial charge on any atom is -0.456 e. The number of aromatic nitrogens is 1. The van der Waals surface area contributed by atoms with Crippen LogP contribution in [-0.2, 0) is 9.84 Å². The van der Waals surface area contributed by atoms with E-state index >= 15 is 0 Å². The second kappa shape index (κ2) is 5.18. The van der Waals surface area contributed by atoms with E-state index in [1.165, 1.54) is 12.3 Å². The molecule has 1 heterocycles. The van der Waals surface area contributed by atoms with Crippen molar-refractivity contribution in [1.82, 2.24) is 4.98 Å². The van der Waals surface area contributed by atoms with Crippen LogP contribution in [0.4, 0.5) is 0 Å². The fourth-order valence-electron chi connectivity index (χ4n) is 2.08. The minimum absolute atomic E-state index is 0.177.